The maximum absolute atomic E-state index is 11.0. The Bertz CT molecular complexity index is 520. The number of non-ortho nitro benzene ring substituents is 1. The fourth-order valence-electron chi connectivity index (χ4n) is 2.09. The SMILES string of the molecule is CNc1cc(N(CCC#N)C2CC2)cc([N+](=O)[O-])c1. The number of rotatable bonds is 6. The Morgan fingerprint density at radius 1 is 1.53 bits per heavy atom. The quantitative estimate of drug-likeness (QED) is 0.627. The van der Waals surface area contributed by atoms with Crippen LogP contribution in [0.1, 0.15) is 19.3 Å². The molecule has 1 aliphatic rings. The van der Waals surface area contributed by atoms with Gasteiger partial charge in [0.05, 0.1) is 17.4 Å². The van der Waals surface area contributed by atoms with Gasteiger partial charge in [-0.05, 0) is 18.9 Å². The molecule has 1 aromatic carbocycles. The standard InChI is InChI=1S/C13H16N4O2/c1-15-10-7-12(9-13(8-10)17(18)19)16(6-2-5-14)11-3-4-11/h7-9,11,15H,2-4,6H2,1H3. The van der Waals surface area contributed by atoms with Gasteiger partial charge in [-0.1, -0.05) is 0 Å². The highest BCUT2D eigenvalue weighted by Crippen LogP contribution is 2.35. The van der Waals surface area contributed by atoms with Crippen molar-refractivity contribution in [3.63, 3.8) is 0 Å². The molecular weight excluding hydrogens is 244 g/mol. The second-order valence-electron chi connectivity index (χ2n) is 4.58. The number of anilines is 2. The third kappa shape index (κ3) is 3.13. The molecule has 1 N–H and O–H groups in total. The van der Waals surface area contributed by atoms with Gasteiger partial charge in [-0.3, -0.25) is 10.1 Å². The first-order valence-electron chi connectivity index (χ1n) is 6.26. The molecule has 0 unspecified atom stereocenters. The number of nitrogens with zero attached hydrogens (tertiary/aromatic N) is 3. The lowest BCUT2D eigenvalue weighted by atomic mass is 10.2. The smallest absolute Gasteiger partial charge is 0.273 e. The molecule has 0 aliphatic heterocycles. The molecule has 0 saturated heterocycles. The van der Waals surface area contributed by atoms with Gasteiger partial charge in [0.25, 0.3) is 5.69 Å². The molecule has 0 amide bonds. The average Bonchev–Trinajstić information content (AvgIpc) is 3.23. The van der Waals surface area contributed by atoms with Crippen LogP contribution in [0.3, 0.4) is 0 Å². The van der Waals surface area contributed by atoms with Gasteiger partial charge in [0, 0.05) is 43.1 Å². The normalized spacial score (nSPS) is 13.7. The van der Waals surface area contributed by atoms with Gasteiger partial charge in [0.15, 0.2) is 0 Å². The van der Waals surface area contributed by atoms with E-state index in [1.807, 2.05) is 6.07 Å². The summed E-state index contributed by atoms with van der Waals surface area (Å²) in [4.78, 5) is 12.7. The molecule has 1 fully saturated rings. The Hall–Kier alpha value is -2.29. The predicted molar refractivity (Wildman–Crippen MR) is 73.2 cm³/mol. The van der Waals surface area contributed by atoms with Crippen molar-refractivity contribution < 1.29 is 4.92 Å². The summed E-state index contributed by atoms with van der Waals surface area (Å²) in [7, 11) is 1.74. The van der Waals surface area contributed by atoms with Crippen LogP contribution in [0.2, 0.25) is 0 Å². The Labute approximate surface area is 111 Å². The molecular formula is C13H16N4O2. The van der Waals surface area contributed by atoms with E-state index in [2.05, 4.69) is 16.3 Å². The number of hydrogen-bond donors (Lipinski definition) is 1. The summed E-state index contributed by atoms with van der Waals surface area (Å²) >= 11 is 0. The van der Waals surface area contributed by atoms with Crippen LogP contribution in [0.5, 0.6) is 0 Å². The van der Waals surface area contributed by atoms with E-state index in [0.29, 0.717) is 24.7 Å². The van der Waals surface area contributed by atoms with Crippen LogP contribution >= 0.6 is 0 Å². The fourth-order valence-corrected chi connectivity index (χ4v) is 2.09. The van der Waals surface area contributed by atoms with Crippen molar-refractivity contribution in [2.75, 3.05) is 23.8 Å². The van der Waals surface area contributed by atoms with Crippen LogP contribution in [-0.2, 0) is 0 Å². The van der Waals surface area contributed by atoms with Gasteiger partial charge in [-0.25, -0.2) is 0 Å². The molecule has 1 saturated carbocycles. The van der Waals surface area contributed by atoms with Crippen molar-refractivity contribution in [1.29, 1.82) is 5.26 Å². The maximum Gasteiger partial charge on any atom is 0.273 e. The van der Waals surface area contributed by atoms with Crippen molar-refractivity contribution in [2.24, 2.45) is 0 Å². The minimum absolute atomic E-state index is 0.0736. The molecule has 100 valence electrons. The van der Waals surface area contributed by atoms with Crippen LogP contribution in [0.4, 0.5) is 17.1 Å². The second kappa shape index (κ2) is 5.57. The predicted octanol–water partition coefficient (Wildman–Crippen LogP) is 2.52. The largest absolute Gasteiger partial charge is 0.388 e. The summed E-state index contributed by atoms with van der Waals surface area (Å²) in [5.41, 5.74) is 1.60. The van der Waals surface area contributed by atoms with E-state index in [0.717, 1.165) is 18.5 Å². The van der Waals surface area contributed by atoms with Crippen molar-refractivity contribution >= 4 is 17.1 Å². The lowest BCUT2D eigenvalue weighted by molar-refractivity contribution is -0.384. The maximum atomic E-state index is 11.0. The highest BCUT2D eigenvalue weighted by Gasteiger charge is 2.29. The average molecular weight is 260 g/mol. The van der Waals surface area contributed by atoms with Gasteiger partial charge in [0.1, 0.15) is 0 Å². The zero-order valence-electron chi connectivity index (χ0n) is 10.8. The molecule has 0 spiro atoms. The van der Waals surface area contributed by atoms with Gasteiger partial charge >= 0.3 is 0 Å². The summed E-state index contributed by atoms with van der Waals surface area (Å²) < 4.78 is 0. The van der Waals surface area contributed by atoms with E-state index >= 15 is 0 Å². The van der Waals surface area contributed by atoms with E-state index in [9.17, 15) is 10.1 Å². The van der Waals surface area contributed by atoms with Crippen molar-refractivity contribution in [3.05, 3.63) is 28.3 Å². The van der Waals surface area contributed by atoms with Gasteiger partial charge < -0.3 is 10.2 Å². The minimum atomic E-state index is -0.389. The molecule has 0 aromatic heterocycles. The first kappa shape index (κ1) is 13.1. The summed E-state index contributed by atoms with van der Waals surface area (Å²) in [5, 5.41) is 22.6. The summed E-state index contributed by atoms with van der Waals surface area (Å²) in [6.45, 7) is 0.617. The van der Waals surface area contributed by atoms with E-state index in [1.54, 1.807) is 13.1 Å². The van der Waals surface area contributed by atoms with Crippen LogP contribution in [0, 0.1) is 21.4 Å². The molecule has 1 aromatic rings. The molecule has 6 heteroatoms. The molecule has 0 bridgehead atoms. The summed E-state index contributed by atoms with van der Waals surface area (Å²) in [6, 6.07) is 7.53. The lowest BCUT2D eigenvalue weighted by Crippen LogP contribution is -2.26. The molecule has 1 aliphatic carbocycles. The van der Waals surface area contributed by atoms with Gasteiger partial charge in [-0.15, -0.1) is 0 Å². The van der Waals surface area contributed by atoms with Crippen LogP contribution in [-0.4, -0.2) is 24.6 Å². The van der Waals surface area contributed by atoms with Crippen molar-refractivity contribution in [3.8, 4) is 6.07 Å². The Kier molecular flexibility index (Phi) is 3.85. The number of hydrogen-bond acceptors (Lipinski definition) is 5. The van der Waals surface area contributed by atoms with E-state index in [-0.39, 0.29) is 10.6 Å². The van der Waals surface area contributed by atoms with Gasteiger partial charge in [0.2, 0.25) is 0 Å². The van der Waals surface area contributed by atoms with E-state index in [1.165, 1.54) is 6.07 Å². The lowest BCUT2D eigenvalue weighted by Gasteiger charge is -2.24. The number of nitriles is 1. The summed E-state index contributed by atoms with van der Waals surface area (Å²) in [6.07, 6.45) is 2.60. The Balaban J connectivity index is 2.32. The number of nitro groups is 1. The highest BCUT2D eigenvalue weighted by atomic mass is 16.6. The van der Waals surface area contributed by atoms with Crippen LogP contribution in [0.15, 0.2) is 18.2 Å². The van der Waals surface area contributed by atoms with E-state index in [4.69, 9.17) is 5.26 Å². The third-order valence-electron chi connectivity index (χ3n) is 3.19. The van der Waals surface area contributed by atoms with E-state index < -0.39 is 0 Å². The number of nitro benzene ring substituents is 1. The zero-order chi connectivity index (χ0) is 13.8. The number of nitrogens with one attached hydrogen (secondary N) is 1. The number of benzene rings is 1. The van der Waals surface area contributed by atoms with Crippen molar-refractivity contribution in [2.45, 2.75) is 25.3 Å². The minimum Gasteiger partial charge on any atom is -0.388 e. The highest BCUT2D eigenvalue weighted by molar-refractivity contribution is 5.65. The second-order valence-corrected chi connectivity index (χ2v) is 4.58. The topological polar surface area (TPSA) is 82.2 Å². The fraction of sp³-hybridized carbons (Fsp3) is 0.462. The monoisotopic (exact) mass is 260 g/mol. The Morgan fingerprint density at radius 2 is 2.26 bits per heavy atom. The molecule has 0 radical (unpaired) electrons. The Morgan fingerprint density at radius 3 is 2.79 bits per heavy atom. The molecule has 6 nitrogen and oxygen atoms in total. The molecule has 0 heterocycles. The molecule has 19 heavy (non-hydrogen) atoms. The van der Waals surface area contributed by atoms with Gasteiger partial charge in [-0.2, -0.15) is 5.26 Å². The first-order chi connectivity index (χ1) is 9.15. The van der Waals surface area contributed by atoms with Crippen molar-refractivity contribution in [1.82, 2.24) is 0 Å². The molecule has 0 atom stereocenters. The van der Waals surface area contributed by atoms with Crippen LogP contribution in [0.25, 0.3) is 0 Å². The third-order valence-corrected chi connectivity index (χ3v) is 3.19. The summed E-state index contributed by atoms with van der Waals surface area (Å²) in [5.74, 6) is 0. The first-order valence-corrected chi connectivity index (χ1v) is 6.26. The zero-order valence-corrected chi connectivity index (χ0v) is 10.8. The molecule has 2 rings (SSSR count). The van der Waals surface area contributed by atoms with Crippen LogP contribution < -0.4 is 10.2 Å².